The summed E-state index contributed by atoms with van der Waals surface area (Å²) >= 11 is 0. The first kappa shape index (κ1) is 10.7. The van der Waals surface area contributed by atoms with Gasteiger partial charge in [-0.3, -0.25) is 0 Å². The first-order valence-corrected chi connectivity index (χ1v) is 4.49. The molecule has 1 aromatic rings. The number of carbonyl (C=O) groups is 1. The van der Waals surface area contributed by atoms with Crippen LogP contribution in [0.4, 0.5) is 0 Å². The lowest BCUT2D eigenvalue weighted by Gasteiger charge is -1.99. The summed E-state index contributed by atoms with van der Waals surface area (Å²) in [6.07, 6.45) is 2.43. The lowest BCUT2D eigenvalue weighted by molar-refractivity contribution is 0.0688. The van der Waals surface area contributed by atoms with E-state index >= 15 is 0 Å². The summed E-state index contributed by atoms with van der Waals surface area (Å²) in [5.74, 6) is -0.637. The van der Waals surface area contributed by atoms with Crippen molar-refractivity contribution in [1.82, 2.24) is 4.98 Å². The summed E-state index contributed by atoms with van der Waals surface area (Å²) in [4.78, 5) is 14.2. The molecule has 14 heavy (non-hydrogen) atoms. The molecule has 78 valence electrons. The number of aromatic carboxylic acids is 1. The third kappa shape index (κ3) is 2.85. The number of hydrogen-bond acceptors (Lipinski definition) is 4. The standard InChI is InChI=1S/C9H13NO4/c1-2-13-5-3-4-7-8(9(11)12)10-6-14-7/h6H,2-5H2,1H3,(H,11,12). The van der Waals surface area contributed by atoms with E-state index in [0.717, 1.165) is 12.8 Å². The minimum Gasteiger partial charge on any atom is -0.476 e. The van der Waals surface area contributed by atoms with Crippen molar-refractivity contribution in [3.8, 4) is 0 Å². The lowest BCUT2D eigenvalue weighted by Crippen LogP contribution is -2.02. The van der Waals surface area contributed by atoms with Gasteiger partial charge in [0, 0.05) is 19.6 Å². The summed E-state index contributed by atoms with van der Waals surface area (Å²) in [6, 6.07) is 0. The van der Waals surface area contributed by atoms with Crippen LogP contribution < -0.4 is 0 Å². The van der Waals surface area contributed by atoms with E-state index in [0.29, 0.717) is 25.4 Å². The van der Waals surface area contributed by atoms with Gasteiger partial charge in [-0.2, -0.15) is 0 Å². The van der Waals surface area contributed by atoms with Crippen molar-refractivity contribution in [2.45, 2.75) is 19.8 Å². The topological polar surface area (TPSA) is 72.6 Å². The van der Waals surface area contributed by atoms with Gasteiger partial charge in [-0.25, -0.2) is 9.78 Å². The fourth-order valence-corrected chi connectivity index (χ4v) is 1.10. The third-order valence-corrected chi connectivity index (χ3v) is 1.74. The van der Waals surface area contributed by atoms with Crippen molar-refractivity contribution in [1.29, 1.82) is 0 Å². The molecule has 0 fully saturated rings. The van der Waals surface area contributed by atoms with Gasteiger partial charge in [0.15, 0.2) is 12.1 Å². The number of carboxylic acid groups (broad SMARTS) is 1. The van der Waals surface area contributed by atoms with E-state index in [4.69, 9.17) is 14.3 Å². The van der Waals surface area contributed by atoms with Crippen molar-refractivity contribution in [2.75, 3.05) is 13.2 Å². The second-order valence-corrected chi connectivity index (χ2v) is 2.73. The van der Waals surface area contributed by atoms with Crippen molar-refractivity contribution >= 4 is 5.97 Å². The fraction of sp³-hybridized carbons (Fsp3) is 0.556. The van der Waals surface area contributed by atoms with Gasteiger partial charge >= 0.3 is 5.97 Å². The molecule has 0 aromatic carbocycles. The number of aryl methyl sites for hydroxylation is 1. The third-order valence-electron chi connectivity index (χ3n) is 1.74. The normalized spacial score (nSPS) is 10.4. The summed E-state index contributed by atoms with van der Waals surface area (Å²) < 4.78 is 10.1. The van der Waals surface area contributed by atoms with Crippen molar-refractivity contribution in [3.63, 3.8) is 0 Å². The van der Waals surface area contributed by atoms with Crippen molar-refractivity contribution in [3.05, 3.63) is 17.8 Å². The zero-order valence-electron chi connectivity index (χ0n) is 8.02. The number of nitrogens with zero attached hydrogens (tertiary/aromatic N) is 1. The average Bonchev–Trinajstić information content (AvgIpc) is 2.60. The van der Waals surface area contributed by atoms with E-state index in [1.54, 1.807) is 0 Å². The Kier molecular flexibility index (Phi) is 4.12. The first-order chi connectivity index (χ1) is 6.75. The second kappa shape index (κ2) is 5.39. The Morgan fingerprint density at radius 3 is 3.14 bits per heavy atom. The van der Waals surface area contributed by atoms with E-state index in [9.17, 15) is 4.79 Å². The van der Waals surface area contributed by atoms with Crippen LogP contribution in [0.3, 0.4) is 0 Å². The molecular weight excluding hydrogens is 186 g/mol. The smallest absolute Gasteiger partial charge is 0.358 e. The molecule has 0 aliphatic carbocycles. The molecule has 0 amide bonds. The van der Waals surface area contributed by atoms with Gasteiger partial charge in [0.2, 0.25) is 0 Å². The van der Waals surface area contributed by atoms with E-state index in [-0.39, 0.29) is 5.69 Å². The van der Waals surface area contributed by atoms with Crippen LogP contribution in [0.25, 0.3) is 0 Å². The van der Waals surface area contributed by atoms with Crippen LogP contribution in [0.15, 0.2) is 10.8 Å². The zero-order chi connectivity index (χ0) is 10.4. The van der Waals surface area contributed by atoms with E-state index in [2.05, 4.69) is 4.98 Å². The Balaban J connectivity index is 2.42. The van der Waals surface area contributed by atoms with E-state index < -0.39 is 5.97 Å². The molecule has 0 aliphatic heterocycles. The van der Waals surface area contributed by atoms with Crippen LogP contribution in [0.5, 0.6) is 0 Å². The lowest BCUT2D eigenvalue weighted by atomic mass is 10.2. The molecule has 0 spiro atoms. The SMILES string of the molecule is CCOCCCc1ocnc1C(=O)O. The van der Waals surface area contributed by atoms with Crippen LogP contribution >= 0.6 is 0 Å². The van der Waals surface area contributed by atoms with Gasteiger partial charge in [0.25, 0.3) is 0 Å². The molecule has 0 bridgehead atoms. The molecule has 5 nitrogen and oxygen atoms in total. The van der Waals surface area contributed by atoms with Crippen molar-refractivity contribution < 1.29 is 19.1 Å². The van der Waals surface area contributed by atoms with E-state index in [1.807, 2.05) is 6.92 Å². The number of aromatic nitrogens is 1. The highest BCUT2D eigenvalue weighted by Gasteiger charge is 2.14. The van der Waals surface area contributed by atoms with Gasteiger partial charge < -0.3 is 14.3 Å². The molecule has 0 saturated heterocycles. The number of oxazole rings is 1. The Hall–Kier alpha value is -1.36. The number of hydrogen-bond donors (Lipinski definition) is 1. The maximum atomic E-state index is 10.6. The molecule has 5 heteroatoms. The Morgan fingerprint density at radius 2 is 2.50 bits per heavy atom. The molecule has 0 atom stereocenters. The number of rotatable bonds is 6. The number of ether oxygens (including phenoxy) is 1. The highest BCUT2D eigenvalue weighted by molar-refractivity contribution is 5.86. The molecule has 1 aromatic heterocycles. The Bertz CT molecular complexity index is 295. The van der Waals surface area contributed by atoms with Crippen LogP contribution in [0.1, 0.15) is 29.6 Å². The van der Waals surface area contributed by atoms with Crippen LogP contribution in [0.2, 0.25) is 0 Å². The van der Waals surface area contributed by atoms with Gasteiger partial charge in [-0.15, -0.1) is 0 Å². The first-order valence-electron chi connectivity index (χ1n) is 4.49. The molecule has 1 N–H and O–H groups in total. The molecule has 1 heterocycles. The monoisotopic (exact) mass is 199 g/mol. The van der Waals surface area contributed by atoms with Gasteiger partial charge in [-0.05, 0) is 13.3 Å². The zero-order valence-corrected chi connectivity index (χ0v) is 8.02. The molecule has 0 unspecified atom stereocenters. The summed E-state index contributed by atoms with van der Waals surface area (Å²) in [5.41, 5.74) is 0.00139. The fourth-order valence-electron chi connectivity index (χ4n) is 1.10. The predicted octanol–water partition coefficient (Wildman–Crippen LogP) is 1.34. The largest absolute Gasteiger partial charge is 0.476 e. The number of carboxylic acids is 1. The molecule has 0 aliphatic rings. The highest BCUT2D eigenvalue weighted by atomic mass is 16.5. The van der Waals surface area contributed by atoms with Crippen LogP contribution in [-0.4, -0.2) is 29.3 Å². The summed E-state index contributed by atoms with van der Waals surface area (Å²) in [5, 5.41) is 8.70. The van der Waals surface area contributed by atoms with Crippen LogP contribution in [0, 0.1) is 0 Å². The molecule has 1 rings (SSSR count). The minimum atomic E-state index is -1.05. The van der Waals surface area contributed by atoms with Gasteiger partial charge in [0.05, 0.1) is 0 Å². The van der Waals surface area contributed by atoms with Gasteiger partial charge in [0.1, 0.15) is 5.76 Å². The quantitative estimate of drug-likeness (QED) is 0.700. The highest BCUT2D eigenvalue weighted by Crippen LogP contribution is 2.09. The Labute approximate surface area is 81.7 Å². The predicted molar refractivity (Wildman–Crippen MR) is 48.3 cm³/mol. The summed E-state index contributed by atoms with van der Waals surface area (Å²) in [7, 11) is 0. The average molecular weight is 199 g/mol. The van der Waals surface area contributed by atoms with E-state index in [1.165, 1.54) is 0 Å². The summed E-state index contributed by atoms with van der Waals surface area (Å²) in [6.45, 7) is 3.19. The molecule has 0 saturated carbocycles. The maximum Gasteiger partial charge on any atom is 0.358 e. The molecule has 0 radical (unpaired) electrons. The van der Waals surface area contributed by atoms with Crippen LogP contribution in [-0.2, 0) is 11.2 Å². The van der Waals surface area contributed by atoms with Gasteiger partial charge in [-0.1, -0.05) is 0 Å². The Morgan fingerprint density at radius 1 is 1.71 bits per heavy atom. The minimum absolute atomic E-state index is 0.00139. The maximum absolute atomic E-state index is 10.6. The molecular formula is C9H13NO4. The van der Waals surface area contributed by atoms with Crippen molar-refractivity contribution in [2.24, 2.45) is 0 Å². The second-order valence-electron chi connectivity index (χ2n) is 2.73.